The van der Waals surface area contributed by atoms with E-state index in [0.717, 1.165) is 23.2 Å². The van der Waals surface area contributed by atoms with Crippen molar-refractivity contribution in [1.29, 1.82) is 0 Å². The molecule has 1 aromatic carbocycles. The van der Waals surface area contributed by atoms with E-state index in [9.17, 15) is 4.39 Å². The van der Waals surface area contributed by atoms with E-state index in [2.05, 4.69) is 4.98 Å². The molecule has 0 saturated carbocycles. The van der Waals surface area contributed by atoms with Gasteiger partial charge >= 0.3 is 0 Å². The van der Waals surface area contributed by atoms with E-state index in [-0.39, 0.29) is 5.82 Å². The third-order valence-electron chi connectivity index (χ3n) is 2.38. The number of rotatable bonds is 3. The van der Waals surface area contributed by atoms with Crippen LogP contribution in [0.15, 0.2) is 42.6 Å². The average molecular weight is 216 g/mol. The maximum atomic E-state index is 13.0. The molecule has 0 aliphatic carbocycles. The molecule has 2 rings (SSSR count). The van der Waals surface area contributed by atoms with Gasteiger partial charge in [-0.15, -0.1) is 0 Å². The smallest absolute Gasteiger partial charge is 0.123 e. The normalized spacial score (nSPS) is 10.4. The van der Waals surface area contributed by atoms with Crippen LogP contribution in [0.4, 0.5) is 4.39 Å². The standard InChI is InChI=1S/C13H13FN2/c14-12-3-1-2-10(8-12)11-4-5-13(6-7-15)16-9-11/h1-5,8-9H,6-7,15H2. The number of benzene rings is 1. The van der Waals surface area contributed by atoms with Crippen LogP contribution in [0.3, 0.4) is 0 Å². The minimum absolute atomic E-state index is 0.233. The van der Waals surface area contributed by atoms with Crippen molar-refractivity contribution in [3.63, 3.8) is 0 Å². The SMILES string of the molecule is NCCc1ccc(-c2cccc(F)c2)cn1. The van der Waals surface area contributed by atoms with Gasteiger partial charge in [0.15, 0.2) is 0 Å². The summed E-state index contributed by atoms with van der Waals surface area (Å²) in [5, 5.41) is 0. The second-order valence-corrected chi connectivity index (χ2v) is 3.59. The average Bonchev–Trinajstić information content (AvgIpc) is 2.30. The van der Waals surface area contributed by atoms with E-state index in [1.807, 2.05) is 18.2 Å². The highest BCUT2D eigenvalue weighted by atomic mass is 19.1. The molecular weight excluding hydrogens is 203 g/mol. The van der Waals surface area contributed by atoms with Crippen molar-refractivity contribution in [3.05, 3.63) is 54.1 Å². The summed E-state index contributed by atoms with van der Waals surface area (Å²) in [5.41, 5.74) is 8.16. The molecule has 0 fully saturated rings. The fourth-order valence-electron chi connectivity index (χ4n) is 1.56. The number of hydrogen-bond acceptors (Lipinski definition) is 2. The maximum absolute atomic E-state index is 13.0. The van der Waals surface area contributed by atoms with Gasteiger partial charge in [0.25, 0.3) is 0 Å². The van der Waals surface area contributed by atoms with Gasteiger partial charge in [0, 0.05) is 23.9 Å². The zero-order chi connectivity index (χ0) is 11.4. The summed E-state index contributed by atoms with van der Waals surface area (Å²) in [7, 11) is 0. The summed E-state index contributed by atoms with van der Waals surface area (Å²) in [6.45, 7) is 0.590. The predicted octanol–water partition coefficient (Wildman–Crippen LogP) is 2.39. The van der Waals surface area contributed by atoms with Crippen LogP contribution in [-0.2, 0) is 6.42 Å². The van der Waals surface area contributed by atoms with Crippen LogP contribution in [0, 0.1) is 5.82 Å². The monoisotopic (exact) mass is 216 g/mol. The Balaban J connectivity index is 2.27. The fraction of sp³-hybridized carbons (Fsp3) is 0.154. The lowest BCUT2D eigenvalue weighted by Gasteiger charge is -2.03. The molecule has 0 unspecified atom stereocenters. The fourth-order valence-corrected chi connectivity index (χ4v) is 1.56. The minimum Gasteiger partial charge on any atom is -0.330 e. The van der Waals surface area contributed by atoms with Crippen LogP contribution in [0.1, 0.15) is 5.69 Å². The number of nitrogens with two attached hydrogens (primary N) is 1. The van der Waals surface area contributed by atoms with E-state index < -0.39 is 0 Å². The summed E-state index contributed by atoms with van der Waals surface area (Å²) in [6.07, 6.45) is 2.52. The number of halogens is 1. The summed E-state index contributed by atoms with van der Waals surface area (Å²) in [6, 6.07) is 10.3. The van der Waals surface area contributed by atoms with Gasteiger partial charge < -0.3 is 5.73 Å². The van der Waals surface area contributed by atoms with Crippen LogP contribution >= 0.6 is 0 Å². The third-order valence-corrected chi connectivity index (χ3v) is 2.38. The number of pyridine rings is 1. The largest absolute Gasteiger partial charge is 0.330 e. The van der Waals surface area contributed by atoms with Crippen molar-refractivity contribution in [1.82, 2.24) is 4.98 Å². The van der Waals surface area contributed by atoms with Crippen molar-refractivity contribution in [3.8, 4) is 11.1 Å². The Labute approximate surface area is 93.9 Å². The molecule has 82 valence electrons. The molecule has 0 spiro atoms. The molecule has 2 N–H and O–H groups in total. The van der Waals surface area contributed by atoms with Crippen LogP contribution < -0.4 is 5.73 Å². The Morgan fingerprint density at radius 2 is 2.00 bits per heavy atom. The van der Waals surface area contributed by atoms with Gasteiger partial charge in [-0.3, -0.25) is 4.98 Å². The summed E-state index contributed by atoms with van der Waals surface area (Å²) < 4.78 is 13.0. The second-order valence-electron chi connectivity index (χ2n) is 3.59. The summed E-state index contributed by atoms with van der Waals surface area (Å²) in [4.78, 5) is 4.27. The van der Waals surface area contributed by atoms with Crippen LogP contribution in [-0.4, -0.2) is 11.5 Å². The topological polar surface area (TPSA) is 38.9 Å². The van der Waals surface area contributed by atoms with Crippen molar-refractivity contribution >= 4 is 0 Å². The molecule has 0 saturated heterocycles. The van der Waals surface area contributed by atoms with Gasteiger partial charge in [-0.05, 0) is 30.3 Å². The molecule has 0 aliphatic rings. The zero-order valence-electron chi connectivity index (χ0n) is 8.86. The molecule has 0 amide bonds. The first-order chi connectivity index (χ1) is 7.79. The van der Waals surface area contributed by atoms with E-state index in [4.69, 9.17) is 5.73 Å². The Morgan fingerprint density at radius 1 is 1.12 bits per heavy atom. The molecule has 2 aromatic rings. The number of aromatic nitrogens is 1. The molecule has 1 heterocycles. The van der Waals surface area contributed by atoms with Gasteiger partial charge in [-0.25, -0.2) is 4.39 Å². The second kappa shape index (κ2) is 4.86. The Kier molecular flexibility index (Phi) is 3.27. The van der Waals surface area contributed by atoms with Gasteiger partial charge in [0.2, 0.25) is 0 Å². The van der Waals surface area contributed by atoms with Crippen molar-refractivity contribution in [2.45, 2.75) is 6.42 Å². The van der Waals surface area contributed by atoms with Crippen molar-refractivity contribution < 1.29 is 4.39 Å². The highest BCUT2D eigenvalue weighted by molar-refractivity contribution is 5.62. The summed E-state index contributed by atoms with van der Waals surface area (Å²) in [5.74, 6) is -0.233. The molecule has 0 bridgehead atoms. The number of hydrogen-bond donors (Lipinski definition) is 1. The molecule has 3 heteroatoms. The molecule has 0 atom stereocenters. The molecule has 0 aliphatic heterocycles. The van der Waals surface area contributed by atoms with Crippen molar-refractivity contribution in [2.75, 3.05) is 6.54 Å². The minimum atomic E-state index is -0.233. The quantitative estimate of drug-likeness (QED) is 0.855. The lowest BCUT2D eigenvalue weighted by molar-refractivity contribution is 0.628. The van der Waals surface area contributed by atoms with Crippen LogP contribution in [0.5, 0.6) is 0 Å². The van der Waals surface area contributed by atoms with Crippen molar-refractivity contribution in [2.24, 2.45) is 5.73 Å². The first kappa shape index (κ1) is 10.8. The number of nitrogens with zero attached hydrogens (tertiary/aromatic N) is 1. The predicted molar refractivity (Wildman–Crippen MR) is 62.4 cm³/mol. The highest BCUT2D eigenvalue weighted by Crippen LogP contribution is 2.19. The molecular formula is C13H13FN2. The lowest BCUT2D eigenvalue weighted by Crippen LogP contribution is -2.03. The lowest BCUT2D eigenvalue weighted by atomic mass is 10.1. The summed E-state index contributed by atoms with van der Waals surface area (Å²) >= 11 is 0. The molecule has 2 nitrogen and oxygen atoms in total. The highest BCUT2D eigenvalue weighted by Gasteiger charge is 2.00. The van der Waals surface area contributed by atoms with E-state index in [0.29, 0.717) is 6.54 Å². The van der Waals surface area contributed by atoms with Gasteiger partial charge in [-0.1, -0.05) is 18.2 Å². The van der Waals surface area contributed by atoms with Gasteiger partial charge in [0.1, 0.15) is 5.82 Å². The van der Waals surface area contributed by atoms with E-state index in [1.54, 1.807) is 12.3 Å². The molecule has 1 aromatic heterocycles. The Bertz CT molecular complexity index is 466. The first-order valence-electron chi connectivity index (χ1n) is 5.20. The molecule has 0 radical (unpaired) electrons. The van der Waals surface area contributed by atoms with Crippen LogP contribution in [0.25, 0.3) is 11.1 Å². The van der Waals surface area contributed by atoms with E-state index in [1.165, 1.54) is 12.1 Å². The Hall–Kier alpha value is -1.74. The third kappa shape index (κ3) is 2.44. The zero-order valence-corrected chi connectivity index (χ0v) is 8.86. The first-order valence-corrected chi connectivity index (χ1v) is 5.20. The van der Waals surface area contributed by atoms with Crippen LogP contribution in [0.2, 0.25) is 0 Å². The molecule has 16 heavy (non-hydrogen) atoms. The van der Waals surface area contributed by atoms with Gasteiger partial charge in [0.05, 0.1) is 0 Å². The maximum Gasteiger partial charge on any atom is 0.123 e. The van der Waals surface area contributed by atoms with E-state index >= 15 is 0 Å². The Morgan fingerprint density at radius 3 is 2.62 bits per heavy atom. The van der Waals surface area contributed by atoms with Gasteiger partial charge in [-0.2, -0.15) is 0 Å².